The van der Waals surface area contributed by atoms with Crippen LogP contribution in [0.1, 0.15) is 26.1 Å². The third kappa shape index (κ3) is 5.13. The Morgan fingerprint density at radius 1 is 1.17 bits per heavy atom. The molecule has 1 aromatic carbocycles. The fraction of sp³-hybridized carbons (Fsp3) is 0.526. The molecular weight excluding hydrogens is 396 g/mol. The molecule has 0 radical (unpaired) electrons. The molecular formula is C19H28N4O5S. The van der Waals surface area contributed by atoms with Crippen molar-refractivity contribution in [2.75, 3.05) is 33.8 Å². The number of aromatic nitrogens is 2. The molecule has 9 nitrogen and oxygen atoms in total. The van der Waals surface area contributed by atoms with Crippen LogP contribution in [0.2, 0.25) is 0 Å². The zero-order valence-electron chi connectivity index (χ0n) is 17.5. The minimum Gasteiger partial charge on any atom is -0.456 e. The molecule has 0 N–H and O–H groups in total. The number of rotatable bonds is 9. The highest BCUT2D eigenvalue weighted by Gasteiger charge is 2.19. The summed E-state index contributed by atoms with van der Waals surface area (Å²) in [7, 11) is 1.20. The summed E-state index contributed by atoms with van der Waals surface area (Å²) in [6.07, 6.45) is 0.394. The topological polar surface area (TPSA) is 102 Å². The highest BCUT2D eigenvalue weighted by molar-refractivity contribution is 7.89. The smallest absolute Gasteiger partial charge is 0.306 e. The van der Waals surface area contributed by atoms with Gasteiger partial charge in [-0.3, -0.25) is 9.59 Å². The van der Waals surface area contributed by atoms with E-state index in [4.69, 9.17) is 4.74 Å². The molecule has 0 atom stereocenters. The number of esters is 1. The van der Waals surface area contributed by atoms with Crippen molar-refractivity contribution in [1.82, 2.24) is 18.8 Å². The van der Waals surface area contributed by atoms with Crippen LogP contribution in [-0.2, 0) is 37.8 Å². The first-order chi connectivity index (χ1) is 13.6. The van der Waals surface area contributed by atoms with Crippen LogP contribution < -0.4 is 0 Å². The molecule has 10 heteroatoms. The Hall–Kier alpha value is -2.46. The Morgan fingerprint density at radius 2 is 1.83 bits per heavy atom. The van der Waals surface area contributed by atoms with Gasteiger partial charge in [0.25, 0.3) is 5.91 Å². The number of amides is 1. The van der Waals surface area contributed by atoms with Gasteiger partial charge in [-0.25, -0.2) is 17.7 Å². The summed E-state index contributed by atoms with van der Waals surface area (Å²) in [4.78, 5) is 30.1. The molecule has 2 aromatic rings. The second-order valence-electron chi connectivity index (χ2n) is 6.75. The molecule has 0 fully saturated rings. The molecule has 0 aliphatic heterocycles. The average molecular weight is 425 g/mol. The highest BCUT2D eigenvalue weighted by Crippen LogP contribution is 2.21. The van der Waals surface area contributed by atoms with Gasteiger partial charge in [0.2, 0.25) is 10.0 Å². The van der Waals surface area contributed by atoms with Gasteiger partial charge in [0, 0.05) is 40.7 Å². The minimum absolute atomic E-state index is 0.0749. The zero-order chi connectivity index (χ0) is 21.8. The van der Waals surface area contributed by atoms with E-state index < -0.39 is 16.0 Å². The maximum atomic E-state index is 12.3. The lowest BCUT2D eigenvalue weighted by Gasteiger charge is -2.18. The molecule has 0 unspecified atom stereocenters. The quantitative estimate of drug-likeness (QED) is 0.560. The molecule has 0 saturated heterocycles. The third-order valence-corrected chi connectivity index (χ3v) is 6.56. The third-order valence-electron chi connectivity index (χ3n) is 4.75. The van der Waals surface area contributed by atoms with Gasteiger partial charge in [0.1, 0.15) is 5.82 Å². The molecule has 160 valence electrons. The summed E-state index contributed by atoms with van der Waals surface area (Å²) in [5.41, 5.74) is 1.30. The average Bonchev–Trinajstić information content (AvgIpc) is 3.00. The lowest BCUT2D eigenvalue weighted by Crippen LogP contribution is -2.34. The van der Waals surface area contributed by atoms with Gasteiger partial charge in [-0.1, -0.05) is 0 Å². The fourth-order valence-electron chi connectivity index (χ4n) is 2.92. The summed E-state index contributed by atoms with van der Waals surface area (Å²) in [5, 5.41) is 0. The summed E-state index contributed by atoms with van der Waals surface area (Å²) in [5.74, 6) is -0.0689. The highest BCUT2D eigenvalue weighted by atomic mass is 32.2. The Morgan fingerprint density at radius 3 is 2.41 bits per heavy atom. The van der Waals surface area contributed by atoms with Gasteiger partial charge in [0.15, 0.2) is 6.61 Å². The lowest BCUT2D eigenvalue weighted by molar-refractivity contribution is -0.151. The van der Waals surface area contributed by atoms with E-state index in [1.807, 2.05) is 18.4 Å². The van der Waals surface area contributed by atoms with Crippen molar-refractivity contribution in [3.8, 4) is 0 Å². The zero-order valence-corrected chi connectivity index (χ0v) is 18.3. The number of carbonyl (C=O) groups excluding carboxylic acids is 2. The van der Waals surface area contributed by atoms with Crippen molar-refractivity contribution >= 4 is 32.9 Å². The van der Waals surface area contributed by atoms with Gasteiger partial charge in [-0.05, 0) is 32.0 Å². The largest absolute Gasteiger partial charge is 0.456 e. The van der Waals surface area contributed by atoms with Gasteiger partial charge in [-0.2, -0.15) is 0 Å². The number of aryl methyl sites for hydroxylation is 2. The Labute approximate surface area is 171 Å². The second kappa shape index (κ2) is 9.36. The van der Waals surface area contributed by atoms with E-state index in [1.165, 1.54) is 26.2 Å². The normalized spacial score (nSPS) is 11.8. The van der Waals surface area contributed by atoms with Crippen molar-refractivity contribution in [2.24, 2.45) is 7.05 Å². The van der Waals surface area contributed by atoms with Crippen molar-refractivity contribution in [3.05, 3.63) is 24.0 Å². The number of fused-ring (bicyclic) bond motifs is 1. The SMILES string of the molecule is CCN(CC)C(=O)COC(=O)CCc1nc2cc(S(=O)(=O)N(C)C)ccc2n1C. The van der Waals surface area contributed by atoms with Crippen LogP contribution in [0.4, 0.5) is 0 Å². The first-order valence-corrected chi connectivity index (χ1v) is 10.9. The van der Waals surface area contributed by atoms with Gasteiger partial charge in [-0.15, -0.1) is 0 Å². The van der Waals surface area contributed by atoms with Crippen LogP contribution in [0.25, 0.3) is 11.0 Å². The Balaban J connectivity index is 2.06. The van der Waals surface area contributed by atoms with Crippen molar-refractivity contribution in [2.45, 2.75) is 31.6 Å². The molecule has 0 spiro atoms. The first kappa shape index (κ1) is 22.8. The lowest BCUT2D eigenvalue weighted by atomic mass is 10.3. The first-order valence-electron chi connectivity index (χ1n) is 9.43. The monoisotopic (exact) mass is 424 g/mol. The van der Waals surface area contributed by atoms with Crippen LogP contribution in [0.3, 0.4) is 0 Å². The fourth-order valence-corrected chi connectivity index (χ4v) is 3.84. The molecule has 29 heavy (non-hydrogen) atoms. The van der Waals surface area contributed by atoms with E-state index in [0.29, 0.717) is 30.9 Å². The van der Waals surface area contributed by atoms with Crippen molar-refractivity contribution in [1.29, 1.82) is 0 Å². The number of likely N-dealkylation sites (N-methyl/N-ethyl adjacent to an activating group) is 1. The number of carbonyl (C=O) groups is 2. The van der Waals surface area contributed by atoms with E-state index >= 15 is 0 Å². The van der Waals surface area contributed by atoms with Crippen molar-refractivity contribution in [3.63, 3.8) is 0 Å². The Kier molecular flexibility index (Phi) is 7.37. The number of ether oxygens (including phenoxy) is 1. The summed E-state index contributed by atoms with van der Waals surface area (Å²) >= 11 is 0. The van der Waals surface area contributed by atoms with Crippen LogP contribution >= 0.6 is 0 Å². The van der Waals surface area contributed by atoms with Crippen molar-refractivity contribution < 1.29 is 22.7 Å². The van der Waals surface area contributed by atoms with Gasteiger partial charge >= 0.3 is 5.97 Å². The Bertz CT molecular complexity index is 993. The van der Waals surface area contributed by atoms with E-state index in [9.17, 15) is 18.0 Å². The molecule has 2 rings (SSSR count). The van der Waals surface area contributed by atoms with Gasteiger partial charge in [0.05, 0.1) is 22.3 Å². The number of imidazole rings is 1. The molecule has 0 aliphatic rings. The van der Waals surface area contributed by atoms with E-state index in [0.717, 1.165) is 9.82 Å². The van der Waals surface area contributed by atoms with E-state index in [2.05, 4.69) is 4.98 Å². The van der Waals surface area contributed by atoms with E-state index in [-0.39, 0.29) is 23.8 Å². The summed E-state index contributed by atoms with van der Waals surface area (Å²) < 4.78 is 32.6. The molecule has 1 heterocycles. The molecule has 1 amide bonds. The number of sulfonamides is 1. The number of hydrogen-bond acceptors (Lipinski definition) is 6. The molecule has 1 aromatic heterocycles. The number of nitrogens with zero attached hydrogens (tertiary/aromatic N) is 4. The van der Waals surface area contributed by atoms with E-state index in [1.54, 1.807) is 18.0 Å². The second-order valence-corrected chi connectivity index (χ2v) is 8.90. The summed E-state index contributed by atoms with van der Waals surface area (Å²) in [6, 6.07) is 4.76. The molecule has 0 bridgehead atoms. The van der Waals surface area contributed by atoms with Crippen LogP contribution in [-0.4, -0.2) is 72.8 Å². The maximum absolute atomic E-state index is 12.3. The maximum Gasteiger partial charge on any atom is 0.306 e. The summed E-state index contributed by atoms with van der Waals surface area (Å²) in [6.45, 7) is 4.60. The number of hydrogen-bond donors (Lipinski definition) is 0. The molecule has 0 saturated carbocycles. The van der Waals surface area contributed by atoms with Crippen LogP contribution in [0.15, 0.2) is 23.1 Å². The number of benzene rings is 1. The standard InChI is InChI=1S/C19H28N4O5S/c1-6-23(7-2)18(24)13-28-19(25)11-10-17-20-15-12-14(29(26,27)21(3)4)8-9-16(15)22(17)5/h8-9,12H,6-7,10-11,13H2,1-5H3. The molecule has 0 aliphatic carbocycles. The van der Waals surface area contributed by atoms with Crippen LogP contribution in [0, 0.1) is 0 Å². The van der Waals surface area contributed by atoms with Gasteiger partial charge < -0.3 is 14.2 Å². The van der Waals surface area contributed by atoms with Crippen LogP contribution in [0.5, 0.6) is 0 Å². The predicted molar refractivity (Wildman–Crippen MR) is 109 cm³/mol. The predicted octanol–water partition coefficient (Wildman–Crippen LogP) is 1.17. The minimum atomic E-state index is -3.55.